The number of nitrogens with zero attached hydrogens (tertiary/aromatic N) is 1. The summed E-state index contributed by atoms with van der Waals surface area (Å²) in [7, 11) is 0. The minimum absolute atomic E-state index is 0.123. The van der Waals surface area contributed by atoms with E-state index in [0.717, 1.165) is 45.8 Å². The molecule has 2 aromatic carbocycles. The van der Waals surface area contributed by atoms with E-state index in [1.165, 1.54) is 0 Å². The molecule has 2 heterocycles. The largest absolute Gasteiger partial charge is 0.486 e. The van der Waals surface area contributed by atoms with Crippen molar-refractivity contribution in [2.75, 3.05) is 25.5 Å². The average Bonchev–Trinajstić information content (AvgIpc) is 3.17. The van der Waals surface area contributed by atoms with Gasteiger partial charge in [0.25, 0.3) is 0 Å². The average molecular weight is 434 g/mol. The number of benzene rings is 2. The number of amides is 1. The fourth-order valence-electron chi connectivity index (χ4n) is 3.46. The van der Waals surface area contributed by atoms with Crippen LogP contribution in [0.15, 0.2) is 51.8 Å². The van der Waals surface area contributed by atoms with Gasteiger partial charge in [-0.1, -0.05) is 18.2 Å². The first-order chi connectivity index (χ1) is 12.7. The van der Waals surface area contributed by atoms with E-state index in [4.69, 9.17) is 9.47 Å². The Morgan fingerprint density at radius 2 is 1.96 bits per heavy atom. The van der Waals surface area contributed by atoms with E-state index in [0.29, 0.717) is 19.0 Å². The maximum absolute atomic E-state index is 12.8. The van der Waals surface area contributed by atoms with Crippen LogP contribution in [0.25, 0.3) is 0 Å². The smallest absolute Gasteiger partial charge is 0.233 e. The molecule has 0 saturated carbocycles. The predicted octanol–water partition coefficient (Wildman–Crippen LogP) is 4.68. The Bertz CT molecular complexity index is 813. The van der Waals surface area contributed by atoms with Crippen LogP contribution in [0.5, 0.6) is 11.5 Å². The number of fused-ring (bicyclic) bond motifs is 1. The van der Waals surface area contributed by atoms with Crippen LogP contribution >= 0.6 is 27.7 Å². The van der Waals surface area contributed by atoms with E-state index >= 15 is 0 Å². The second-order valence-corrected chi connectivity index (χ2v) is 8.24. The molecule has 0 aromatic heterocycles. The Kier molecular flexibility index (Phi) is 5.41. The van der Waals surface area contributed by atoms with Gasteiger partial charge in [-0.3, -0.25) is 4.79 Å². The van der Waals surface area contributed by atoms with Crippen molar-refractivity contribution in [2.45, 2.75) is 23.8 Å². The van der Waals surface area contributed by atoms with Crippen molar-refractivity contribution in [1.29, 1.82) is 0 Å². The van der Waals surface area contributed by atoms with Gasteiger partial charge in [-0.15, -0.1) is 11.8 Å². The van der Waals surface area contributed by atoms with Crippen molar-refractivity contribution < 1.29 is 14.3 Å². The molecular weight excluding hydrogens is 414 g/mol. The molecule has 1 unspecified atom stereocenters. The number of thioether (sulfide) groups is 1. The third kappa shape index (κ3) is 3.71. The molecule has 0 bridgehead atoms. The minimum atomic E-state index is 0.123. The Hall–Kier alpha value is -1.66. The Labute approximate surface area is 166 Å². The third-order valence-electron chi connectivity index (χ3n) is 4.71. The number of carbonyl (C=O) groups excluding carboxylic acids is 1. The molecular formula is C20H20BrNO3S. The summed E-state index contributed by atoms with van der Waals surface area (Å²) in [5, 5.41) is 0. The van der Waals surface area contributed by atoms with Gasteiger partial charge in [-0.2, -0.15) is 0 Å². The monoisotopic (exact) mass is 433 g/mol. The maximum Gasteiger partial charge on any atom is 0.233 e. The molecule has 136 valence electrons. The quantitative estimate of drug-likeness (QED) is 0.656. The van der Waals surface area contributed by atoms with E-state index < -0.39 is 0 Å². The van der Waals surface area contributed by atoms with Crippen LogP contribution in [-0.2, 0) is 4.79 Å². The molecule has 1 amide bonds. The highest BCUT2D eigenvalue weighted by molar-refractivity contribution is 9.10. The molecule has 2 aliphatic heterocycles. The van der Waals surface area contributed by atoms with Gasteiger partial charge in [0.2, 0.25) is 5.91 Å². The van der Waals surface area contributed by atoms with E-state index in [2.05, 4.69) is 22.0 Å². The molecule has 4 rings (SSSR count). The molecule has 2 aromatic rings. The number of halogens is 1. The van der Waals surface area contributed by atoms with Gasteiger partial charge in [0, 0.05) is 15.9 Å². The molecule has 1 saturated heterocycles. The van der Waals surface area contributed by atoms with Crippen molar-refractivity contribution in [3.05, 3.63) is 52.5 Å². The Morgan fingerprint density at radius 3 is 2.81 bits per heavy atom. The van der Waals surface area contributed by atoms with E-state index in [-0.39, 0.29) is 11.9 Å². The summed E-state index contributed by atoms with van der Waals surface area (Å²) in [6.45, 7) is 1.98. The minimum Gasteiger partial charge on any atom is -0.486 e. The summed E-state index contributed by atoms with van der Waals surface area (Å²) in [4.78, 5) is 15.9. The summed E-state index contributed by atoms with van der Waals surface area (Å²) in [6.07, 6.45) is 2.02. The zero-order chi connectivity index (χ0) is 17.9. The fraction of sp³-hybridized carbons (Fsp3) is 0.350. The number of carbonyl (C=O) groups is 1. The summed E-state index contributed by atoms with van der Waals surface area (Å²) < 4.78 is 12.3. The topological polar surface area (TPSA) is 38.8 Å². The lowest BCUT2D eigenvalue weighted by Crippen LogP contribution is -2.32. The molecule has 1 fully saturated rings. The highest BCUT2D eigenvalue weighted by Gasteiger charge is 2.30. The van der Waals surface area contributed by atoms with Crippen molar-refractivity contribution >= 4 is 33.6 Å². The van der Waals surface area contributed by atoms with Crippen LogP contribution in [0, 0.1) is 0 Å². The lowest BCUT2D eigenvalue weighted by atomic mass is 10.0. The molecule has 2 aliphatic rings. The van der Waals surface area contributed by atoms with Gasteiger partial charge in [-0.25, -0.2) is 0 Å². The van der Waals surface area contributed by atoms with Crippen molar-refractivity contribution in [3.8, 4) is 11.5 Å². The van der Waals surface area contributed by atoms with Crippen molar-refractivity contribution in [2.24, 2.45) is 0 Å². The van der Waals surface area contributed by atoms with E-state index in [1.807, 2.05) is 41.3 Å². The van der Waals surface area contributed by atoms with Crippen LogP contribution in [0.2, 0.25) is 0 Å². The normalized spacial score (nSPS) is 18.8. The van der Waals surface area contributed by atoms with Crippen LogP contribution < -0.4 is 9.47 Å². The summed E-state index contributed by atoms with van der Waals surface area (Å²) >= 11 is 5.12. The van der Waals surface area contributed by atoms with Crippen LogP contribution in [0.4, 0.5) is 0 Å². The van der Waals surface area contributed by atoms with Gasteiger partial charge < -0.3 is 14.4 Å². The molecule has 1 atom stereocenters. The van der Waals surface area contributed by atoms with Gasteiger partial charge >= 0.3 is 0 Å². The number of ether oxygens (including phenoxy) is 2. The van der Waals surface area contributed by atoms with Crippen LogP contribution in [-0.4, -0.2) is 36.3 Å². The molecule has 4 nitrogen and oxygen atoms in total. The highest BCUT2D eigenvalue weighted by atomic mass is 79.9. The number of rotatable bonds is 4. The molecule has 0 N–H and O–H groups in total. The zero-order valence-corrected chi connectivity index (χ0v) is 16.7. The summed E-state index contributed by atoms with van der Waals surface area (Å²) in [6, 6.07) is 14.2. The standard InChI is InChI=1S/C20H20BrNO3S/c21-15-4-1-2-6-19(15)26-13-20(23)22-9-3-5-16(22)14-7-8-17-18(12-14)25-11-10-24-17/h1-2,4,6-8,12,16H,3,5,9-11,13H2. The Balaban J connectivity index is 1.46. The lowest BCUT2D eigenvalue weighted by molar-refractivity contribution is -0.129. The van der Waals surface area contributed by atoms with E-state index in [1.54, 1.807) is 11.8 Å². The lowest BCUT2D eigenvalue weighted by Gasteiger charge is -2.26. The third-order valence-corrected chi connectivity index (χ3v) is 6.72. The van der Waals surface area contributed by atoms with E-state index in [9.17, 15) is 4.79 Å². The first kappa shape index (κ1) is 17.7. The molecule has 0 spiro atoms. The molecule has 26 heavy (non-hydrogen) atoms. The number of hydrogen-bond donors (Lipinski definition) is 0. The predicted molar refractivity (Wildman–Crippen MR) is 106 cm³/mol. The SMILES string of the molecule is O=C(CSc1ccccc1Br)N1CCCC1c1ccc2c(c1)OCCO2. The molecule has 0 radical (unpaired) electrons. The Morgan fingerprint density at radius 1 is 1.15 bits per heavy atom. The number of likely N-dealkylation sites (tertiary alicyclic amines) is 1. The molecule has 6 heteroatoms. The fourth-order valence-corrected chi connectivity index (χ4v) is 4.92. The van der Waals surface area contributed by atoms with Crippen molar-refractivity contribution in [3.63, 3.8) is 0 Å². The van der Waals surface area contributed by atoms with Gasteiger partial charge in [0.1, 0.15) is 13.2 Å². The summed E-state index contributed by atoms with van der Waals surface area (Å²) in [5.41, 5.74) is 1.13. The first-order valence-corrected chi connectivity index (χ1v) is 10.6. The number of hydrogen-bond acceptors (Lipinski definition) is 4. The second kappa shape index (κ2) is 7.92. The van der Waals surface area contributed by atoms with Gasteiger partial charge in [0.15, 0.2) is 11.5 Å². The highest BCUT2D eigenvalue weighted by Crippen LogP contribution is 2.38. The van der Waals surface area contributed by atoms with Crippen LogP contribution in [0.3, 0.4) is 0 Å². The van der Waals surface area contributed by atoms with Gasteiger partial charge in [0.05, 0.1) is 11.8 Å². The maximum atomic E-state index is 12.8. The zero-order valence-electron chi connectivity index (χ0n) is 14.3. The first-order valence-electron chi connectivity index (χ1n) is 8.79. The summed E-state index contributed by atoms with van der Waals surface area (Å²) in [5.74, 6) is 2.21. The van der Waals surface area contributed by atoms with Gasteiger partial charge in [-0.05, 0) is 58.6 Å². The van der Waals surface area contributed by atoms with Crippen molar-refractivity contribution in [1.82, 2.24) is 4.90 Å². The van der Waals surface area contributed by atoms with Crippen LogP contribution in [0.1, 0.15) is 24.4 Å². The second-order valence-electron chi connectivity index (χ2n) is 6.37. The molecule has 0 aliphatic carbocycles.